The third kappa shape index (κ3) is 4.43. The fourth-order valence-corrected chi connectivity index (χ4v) is 3.03. The van der Waals surface area contributed by atoms with Crippen molar-refractivity contribution in [1.82, 2.24) is 10.2 Å². The summed E-state index contributed by atoms with van der Waals surface area (Å²) >= 11 is 0. The summed E-state index contributed by atoms with van der Waals surface area (Å²) in [5, 5.41) is 12.8. The van der Waals surface area contributed by atoms with E-state index in [0.29, 0.717) is 18.4 Å². The maximum Gasteiger partial charge on any atom is 0.323 e. The molecule has 1 aliphatic carbocycles. The zero-order valence-corrected chi connectivity index (χ0v) is 12.7. The second-order valence-corrected chi connectivity index (χ2v) is 6.57. The lowest BCUT2D eigenvalue weighted by Crippen LogP contribution is -2.53. The van der Waals surface area contributed by atoms with Gasteiger partial charge in [-0.3, -0.25) is 10.1 Å². The van der Waals surface area contributed by atoms with E-state index in [1.54, 1.807) is 7.11 Å². The van der Waals surface area contributed by atoms with Gasteiger partial charge in [-0.15, -0.1) is 0 Å². The van der Waals surface area contributed by atoms with Gasteiger partial charge in [0.2, 0.25) is 0 Å². The quantitative estimate of drug-likeness (QED) is 0.704. The van der Waals surface area contributed by atoms with Gasteiger partial charge in [0.15, 0.2) is 0 Å². The van der Waals surface area contributed by atoms with Crippen LogP contribution in [-0.4, -0.2) is 60.9 Å². The highest BCUT2D eigenvalue weighted by Gasteiger charge is 2.38. The molecule has 2 N–H and O–H groups in total. The fourth-order valence-electron chi connectivity index (χ4n) is 3.03. The Bertz CT molecular complexity index is 331. The van der Waals surface area contributed by atoms with Gasteiger partial charge in [-0.25, -0.2) is 0 Å². The summed E-state index contributed by atoms with van der Waals surface area (Å²) in [5.41, 5.74) is -0.782. The number of hydrogen-bond donors (Lipinski definition) is 2. The predicted molar refractivity (Wildman–Crippen MR) is 77.9 cm³/mol. The lowest BCUT2D eigenvalue weighted by molar-refractivity contribution is -0.144. The molecule has 0 aromatic heterocycles. The van der Waals surface area contributed by atoms with E-state index in [4.69, 9.17) is 4.74 Å². The normalized spacial score (nSPS) is 27.2. The topological polar surface area (TPSA) is 61.8 Å². The maximum atomic E-state index is 11.5. The van der Waals surface area contributed by atoms with E-state index < -0.39 is 11.5 Å². The minimum Gasteiger partial charge on any atom is -0.480 e. The third-order valence-corrected chi connectivity index (χ3v) is 4.51. The number of hydrogen-bond acceptors (Lipinski definition) is 4. The van der Waals surface area contributed by atoms with Crippen LogP contribution >= 0.6 is 0 Å². The third-order valence-electron chi connectivity index (χ3n) is 4.51. The molecule has 2 aliphatic rings. The summed E-state index contributed by atoms with van der Waals surface area (Å²) < 4.78 is 5.24. The van der Waals surface area contributed by atoms with Crippen LogP contribution in [-0.2, 0) is 9.53 Å². The van der Waals surface area contributed by atoms with Crippen LogP contribution in [0.3, 0.4) is 0 Å². The Balaban J connectivity index is 1.80. The summed E-state index contributed by atoms with van der Waals surface area (Å²) in [4.78, 5) is 13.9. The van der Waals surface area contributed by atoms with Crippen LogP contribution < -0.4 is 5.32 Å². The zero-order chi connectivity index (χ0) is 14.6. The second-order valence-electron chi connectivity index (χ2n) is 6.57. The molecular weight excluding hydrogens is 256 g/mol. The number of ether oxygens (including phenoxy) is 1. The first-order valence-electron chi connectivity index (χ1n) is 7.76. The number of nitrogens with zero attached hydrogens (tertiary/aromatic N) is 1. The van der Waals surface area contributed by atoms with Crippen molar-refractivity contribution in [3.63, 3.8) is 0 Å². The van der Waals surface area contributed by atoms with Crippen LogP contribution in [0.2, 0.25) is 0 Å². The molecule has 0 spiro atoms. The number of carboxylic acid groups (broad SMARTS) is 1. The van der Waals surface area contributed by atoms with E-state index in [-0.39, 0.29) is 0 Å². The van der Waals surface area contributed by atoms with Gasteiger partial charge in [0.1, 0.15) is 5.54 Å². The number of carbonyl (C=O) groups is 1. The van der Waals surface area contributed by atoms with Crippen LogP contribution in [0.15, 0.2) is 0 Å². The maximum absolute atomic E-state index is 11.5. The van der Waals surface area contributed by atoms with Gasteiger partial charge in [-0.1, -0.05) is 0 Å². The van der Waals surface area contributed by atoms with Crippen LogP contribution in [0.1, 0.15) is 39.0 Å². The molecule has 0 radical (unpaired) electrons. The Morgan fingerprint density at radius 1 is 1.45 bits per heavy atom. The van der Waals surface area contributed by atoms with Crippen molar-refractivity contribution < 1.29 is 14.6 Å². The molecule has 2 atom stereocenters. The molecule has 116 valence electrons. The van der Waals surface area contributed by atoms with E-state index >= 15 is 0 Å². The first-order valence-corrected chi connectivity index (χ1v) is 7.76. The molecule has 2 unspecified atom stereocenters. The minimum absolute atomic E-state index is 0.415. The Morgan fingerprint density at radius 2 is 2.20 bits per heavy atom. The lowest BCUT2D eigenvalue weighted by Gasteiger charge is -2.35. The standard InChI is InChI=1S/C15H28N2O3/c1-15(14(18)19,16-13-5-6-13)7-9-17-8-3-4-12(10-17)11-20-2/h12-13,16H,3-11H2,1-2H3,(H,18,19). The molecule has 0 amide bonds. The Morgan fingerprint density at radius 3 is 2.80 bits per heavy atom. The van der Waals surface area contributed by atoms with Crippen LogP contribution in [0.25, 0.3) is 0 Å². The van der Waals surface area contributed by atoms with Gasteiger partial charge in [-0.05, 0) is 51.5 Å². The molecule has 5 nitrogen and oxygen atoms in total. The minimum atomic E-state index is -0.782. The first kappa shape index (κ1) is 15.7. The van der Waals surface area contributed by atoms with Crippen molar-refractivity contribution in [1.29, 1.82) is 0 Å². The molecule has 2 fully saturated rings. The van der Waals surface area contributed by atoms with E-state index in [2.05, 4.69) is 10.2 Å². The smallest absolute Gasteiger partial charge is 0.323 e. The average Bonchev–Trinajstić information content (AvgIpc) is 3.21. The average molecular weight is 284 g/mol. The number of likely N-dealkylation sites (tertiary alicyclic amines) is 1. The molecule has 2 rings (SSSR count). The van der Waals surface area contributed by atoms with E-state index in [0.717, 1.165) is 39.1 Å². The number of aliphatic carboxylic acids is 1. The Labute approximate surface area is 121 Å². The molecule has 0 aromatic rings. The summed E-state index contributed by atoms with van der Waals surface area (Å²) in [6, 6.07) is 0.415. The van der Waals surface area contributed by atoms with Crippen molar-refractivity contribution in [3.05, 3.63) is 0 Å². The fraction of sp³-hybridized carbons (Fsp3) is 0.933. The SMILES string of the molecule is COCC1CCCN(CCC(C)(NC2CC2)C(=O)O)C1. The van der Waals surface area contributed by atoms with Crippen molar-refractivity contribution >= 4 is 5.97 Å². The largest absolute Gasteiger partial charge is 0.480 e. The van der Waals surface area contributed by atoms with E-state index in [1.807, 2.05) is 6.92 Å². The zero-order valence-electron chi connectivity index (χ0n) is 12.7. The molecule has 0 bridgehead atoms. The van der Waals surface area contributed by atoms with Gasteiger partial charge in [-0.2, -0.15) is 0 Å². The number of methoxy groups -OCH3 is 1. The summed E-state index contributed by atoms with van der Waals surface area (Å²) in [6.45, 7) is 5.60. The van der Waals surface area contributed by atoms with Crippen LogP contribution in [0.5, 0.6) is 0 Å². The highest BCUT2D eigenvalue weighted by molar-refractivity contribution is 5.78. The number of rotatable bonds is 8. The van der Waals surface area contributed by atoms with Gasteiger partial charge in [0.25, 0.3) is 0 Å². The van der Waals surface area contributed by atoms with Crippen molar-refractivity contribution in [2.45, 2.75) is 50.6 Å². The molecule has 0 aromatic carbocycles. The van der Waals surface area contributed by atoms with E-state index in [1.165, 1.54) is 12.8 Å². The van der Waals surface area contributed by atoms with Gasteiger partial charge in [0, 0.05) is 26.2 Å². The van der Waals surface area contributed by atoms with Gasteiger partial charge in [0.05, 0.1) is 6.61 Å². The van der Waals surface area contributed by atoms with E-state index in [9.17, 15) is 9.90 Å². The van der Waals surface area contributed by atoms with Crippen LogP contribution in [0, 0.1) is 5.92 Å². The molecule has 1 saturated heterocycles. The molecule has 5 heteroatoms. The number of nitrogens with one attached hydrogen (secondary N) is 1. The van der Waals surface area contributed by atoms with Gasteiger partial charge >= 0.3 is 5.97 Å². The van der Waals surface area contributed by atoms with Crippen molar-refractivity contribution in [3.8, 4) is 0 Å². The summed E-state index contributed by atoms with van der Waals surface area (Å²) in [5.74, 6) is -0.129. The van der Waals surface area contributed by atoms with Crippen molar-refractivity contribution in [2.75, 3.05) is 33.4 Å². The first-order chi connectivity index (χ1) is 9.53. The Hall–Kier alpha value is -0.650. The lowest BCUT2D eigenvalue weighted by atomic mass is 9.94. The monoisotopic (exact) mass is 284 g/mol. The molecule has 1 saturated carbocycles. The molecular formula is C15H28N2O3. The molecule has 1 aliphatic heterocycles. The molecule has 20 heavy (non-hydrogen) atoms. The number of carboxylic acids is 1. The number of piperidine rings is 1. The van der Waals surface area contributed by atoms with Gasteiger partial charge < -0.3 is 14.7 Å². The highest BCUT2D eigenvalue weighted by Crippen LogP contribution is 2.25. The summed E-state index contributed by atoms with van der Waals surface area (Å²) in [6.07, 6.45) is 5.30. The second kappa shape index (κ2) is 6.87. The van der Waals surface area contributed by atoms with Crippen molar-refractivity contribution in [2.24, 2.45) is 5.92 Å². The van der Waals surface area contributed by atoms with Crippen LogP contribution in [0.4, 0.5) is 0 Å². The predicted octanol–water partition coefficient (Wildman–Crippen LogP) is 1.33. The Kier molecular flexibility index (Phi) is 5.41. The highest BCUT2D eigenvalue weighted by atomic mass is 16.5. The molecule has 1 heterocycles. The summed E-state index contributed by atoms with van der Waals surface area (Å²) in [7, 11) is 1.75.